The molecule has 1 aliphatic heterocycles. The maximum atomic E-state index is 12.5. The van der Waals surface area contributed by atoms with E-state index < -0.39 is 11.7 Å². The van der Waals surface area contributed by atoms with Gasteiger partial charge in [0.2, 0.25) is 0 Å². The van der Waals surface area contributed by atoms with Crippen LogP contribution in [0, 0.1) is 0 Å². The van der Waals surface area contributed by atoms with Crippen molar-refractivity contribution in [2.75, 3.05) is 13.2 Å². The number of carbonyl (C=O) groups excluding carboxylic acids is 2. The van der Waals surface area contributed by atoms with E-state index in [4.69, 9.17) is 9.47 Å². The highest BCUT2D eigenvalue weighted by molar-refractivity contribution is 5.69. The minimum absolute atomic E-state index is 0.171. The third-order valence-electron chi connectivity index (χ3n) is 4.41. The molecule has 0 aromatic heterocycles. The largest absolute Gasteiger partial charge is 0.449 e. The summed E-state index contributed by atoms with van der Waals surface area (Å²) in [5.74, 6) is 0. The maximum absolute atomic E-state index is 12.5. The minimum atomic E-state index is -0.487. The van der Waals surface area contributed by atoms with Gasteiger partial charge in [0.25, 0.3) is 0 Å². The number of ether oxygens (including phenoxy) is 2. The molecular formula is C19H36N2O4. The molecule has 1 aliphatic rings. The van der Waals surface area contributed by atoms with Gasteiger partial charge >= 0.3 is 12.2 Å². The van der Waals surface area contributed by atoms with Crippen molar-refractivity contribution in [2.24, 2.45) is 0 Å². The van der Waals surface area contributed by atoms with Crippen LogP contribution in [0.25, 0.3) is 0 Å². The minimum Gasteiger partial charge on any atom is -0.449 e. The summed E-state index contributed by atoms with van der Waals surface area (Å²) >= 11 is 0. The quantitative estimate of drug-likeness (QED) is 0.683. The van der Waals surface area contributed by atoms with Gasteiger partial charge in [-0.15, -0.1) is 0 Å². The summed E-state index contributed by atoms with van der Waals surface area (Å²) in [6.45, 7) is 12.8. The highest BCUT2D eigenvalue weighted by Gasteiger charge is 2.42. The van der Waals surface area contributed by atoms with Crippen LogP contribution in [0.3, 0.4) is 0 Å². The normalized spacial score (nSPS) is 19.6. The van der Waals surface area contributed by atoms with Crippen molar-refractivity contribution in [1.29, 1.82) is 0 Å². The third kappa shape index (κ3) is 7.53. The van der Waals surface area contributed by atoms with Gasteiger partial charge < -0.3 is 19.7 Å². The number of alkyl carbamates (subject to hydrolysis) is 1. The fourth-order valence-corrected chi connectivity index (χ4v) is 3.15. The fraction of sp³-hybridized carbons (Fsp3) is 0.895. The Morgan fingerprint density at radius 2 is 1.92 bits per heavy atom. The lowest BCUT2D eigenvalue weighted by atomic mass is 10.0. The number of likely N-dealkylation sites (tertiary alicyclic amines) is 1. The average molecular weight is 357 g/mol. The number of nitrogens with one attached hydrogen (secondary N) is 1. The molecule has 1 atom stereocenters. The van der Waals surface area contributed by atoms with Crippen LogP contribution in [-0.4, -0.2) is 47.4 Å². The van der Waals surface area contributed by atoms with Gasteiger partial charge in [-0.2, -0.15) is 0 Å². The van der Waals surface area contributed by atoms with Gasteiger partial charge in [0.1, 0.15) is 5.60 Å². The molecule has 1 saturated heterocycles. The summed E-state index contributed by atoms with van der Waals surface area (Å²) in [4.78, 5) is 26.0. The number of hydrogen-bond donors (Lipinski definition) is 1. The van der Waals surface area contributed by atoms with E-state index in [9.17, 15) is 9.59 Å². The van der Waals surface area contributed by atoms with E-state index in [0.717, 1.165) is 38.5 Å². The van der Waals surface area contributed by atoms with Crippen LogP contribution in [0.5, 0.6) is 0 Å². The molecule has 2 amide bonds. The molecule has 0 aromatic rings. The highest BCUT2D eigenvalue weighted by atomic mass is 16.6. The first-order chi connectivity index (χ1) is 11.6. The molecule has 1 rings (SSSR count). The Balaban J connectivity index is 2.43. The second kappa shape index (κ2) is 9.30. The molecular weight excluding hydrogens is 320 g/mol. The lowest BCUT2D eigenvalue weighted by Crippen LogP contribution is -2.47. The first-order valence-electron chi connectivity index (χ1n) is 9.50. The lowest BCUT2D eigenvalue weighted by molar-refractivity contribution is 0.0513. The van der Waals surface area contributed by atoms with Gasteiger partial charge in [0.05, 0.1) is 6.61 Å². The van der Waals surface area contributed by atoms with Crippen molar-refractivity contribution in [3.8, 4) is 0 Å². The maximum Gasteiger partial charge on any atom is 0.410 e. The summed E-state index contributed by atoms with van der Waals surface area (Å²) in [6, 6.07) is 0.171. The van der Waals surface area contributed by atoms with E-state index in [1.165, 1.54) is 0 Å². The zero-order valence-electron chi connectivity index (χ0n) is 16.8. The van der Waals surface area contributed by atoms with Crippen LogP contribution in [0.4, 0.5) is 9.59 Å². The van der Waals surface area contributed by atoms with E-state index >= 15 is 0 Å². The zero-order chi connectivity index (χ0) is 19.1. The Kier molecular flexibility index (Phi) is 8.03. The number of nitrogens with zero attached hydrogens (tertiary/aromatic N) is 1. The predicted molar refractivity (Wildman–Crippen MR) is 98.7 cm³/mol. The van der Waals surface area contributed by atoms with Gasteiger partial charge in [-0.1, -0.05) is 13.3 Å². The molecule has 0 spiro atoms. The molecule has 0 aliphatic carbocycles. The summed E-state index contributed by atoms with van der Waals surface area (Å²) in [5.41, 5.74) is -0.662. The molecule has 1 N–H and O–H groups in total. The van der Waals surface area contributed by atoms with Crippen LogP contribution in [0.1, 0.15) is 80.1 Å². The van der Waals surface area contributed by atoms with Gasteiger partial charge in [-0.3, -0.25) is 0 Å². The average Bonchev–Trinajstić information content (AvgIpc) is 2.77. The number of amides is 2. The van der Waals surface area contributed by atoms with E-state index in [1.54, 1.807) is 0 Å². The molecule has 25 heavy (non-hydrogen) atoms. The van der Waals surface area contributed by atoms with Gasteiger partial charge in [0, 0.05) is 18.1 Å². The Hall–Kier alpha value is -1.46. The number of rotatable bonds is 7. The summed E-state index contributed by atoms with van der Waals surface area (Å²) in [6.07, 6.45) is 4.90. The summed E-state index contributed by atoms with van der Waals surface area (Å²) in [7, 11) is 0. The van der Waals surface area contributed by atoms with Crippen molar-refractivity contribution >= 4 is 12.2 Å². The molecule has 1 heterocycles. The van der Waals surface area contributed by atoms with Crippen molar-refractivity contribution in [1.82, 2.24) is 10.2 Å². The molecule has 1 fully saturated rings. The lowest BCUT2D eigenvalue weighted by Gasteiger charge is -2.35. The smallest absolute Gasteiger partial charge is 0.410 e. The summed E-state index contributed by atoms with van der Waals surface area (Å²) < 4.78 is 10.7. The Labute approximate surface area is 152 Å². The molecule has 146 valence electrons. The van der Waals surface area contributed by atoms with Crippen LogP contribution < -0.4 is 5.32 Å². The number of carbonyl (C=O) groups is 2. The van der Waals surface area contributed by atoms with E-state index in [0.29, 0.717) is 13.2 Å². The van der Waals surface area contributed by atoms with Crippen LogP contribution >= 0.6 is 0 Å². The van der Waals surface area contributed by atoms with Crippen molar-refractivity contribution in [2.45, 2.75) is 97.2 Å². The Bertz CT molecular complexity index is 443. The molecule has 0 bridgehead atoms. The van der Waals surface area contributed by atoms with Crippen LogP contribution in [-0.2, 0) is 9.47 Å². The first kappa shape index (κ1) is 21.6. The Morgan fingerprint density at radius 3 is 2.52 bits per heavy atom. The van der Waals surface area contributed by atoms with E-state index in [-0.39, 0.29) is 17.7 Å². The van der Waals surface area contributed by atoms with Gasteiger partial charge in [-0.05, 0) is 66.7 Å². The topological polar surface area (TPSA) is 67.9 Å². The molecule has 0 saturated carbocycles. The van der Waals surface area contributed by atoms with Crippen LogP contribution in [0.2, 0.25) is 0 Å². The Morgan fingerprint density at radius 1 is 1.24 bits per heavy atom. The molecule has 0 radical (unpaired) electrons. The van der Waals surface area contributed by atoms with E-state index in [2.05, 4.69) is 26.1 Å². The van der Waals surface area contributed by atoms with Gasteiger partial charge in [0.15, 0.2) is 0 Å². The number of hydrogen-bond acceptors (Lipinski definition) is 4. The van der Waals surface area contributed by atoms with Gasteiger partial charge in [-0.25, -0.2) is 9.59 Å². The van der Waals surface area contributed by atoms with Crippen molar-refractivity contribution in [3.05, 3.63) is 0 Å². The molecule has 6 nitrogen and oxygen atoms in total. The predicted octanol–water partition coefficient (Wildman–Crippen LogP) is 4.47. The SMILES string of the molecule is CCCCOC(=O)N1C(CCCNC(=O)OC(C)(C)C)CCC1(C)C. The standard InChI is InChI=1S/C19H36N2O4/c1-7-8-14-24-17(23)21-15(11-12-19(21,5)6)10-9-13-20-16(22)25-18(2,3)4/h15H,7-14H2,1-6H3,(H,20,22). The monoisotopic (exact) mass is 356 g/mol. The van der Waals surface area contributed by atoms with Crippen LogP contribution in [0.15, 0.2) is 0 Å². The second-order valence-electron chi connectivity index (χ2n) is 8.41. The molecule has 6 heteroatoms. The third-order valence-corrected chi connectivity index (χ3v) is 4.41. The van der Waals surface area contributed by atoms with Crippen molar-refractivity contribution in [3.63, 3.8) is 0 Å². The molecule has 1 unspecified atom stereocenters. The zero-order valence-corrected chi connectivity index (χ0v) is 16.8. The second-order valence-corrected chi connectivity index (χ2v) is 8.41. The van der Waals surface area contributed by atoms with E-state index in [1.807, 2.05) is 25.7 Å². The highest BCUT2D eigenvalue weighted by Crippen LogP contribution is 2.36. The fourth-order valence-electron chi connectivity index (χ4n) is 3.15. The first-order valence-corrected chi connectivity index (χ1v) is 9.50. The summed E-state index contributed by atoms with van der Waals surface area (Å²) in [5, 5.41) is 2.77. The number of unbranched alkanes of at least 4 members (excludes halogenated alkanes) is 1. The van der Waals surface area contributed by atoms with Crippen molar-refractivity contribution < 1.29 is 19.1 Å². The molecule has 0 aromatic carbocycles.